The Morgan fingerprint density at radius 1 is 1.41 bits per heavy atom. The van der Waals surface area contributed by atoms with Crippen molar-refractivity contribution in [2.75, 3.05) is 13.1 Å². The first kappa shape index (κ1) is 12.0. The van der Waals surface area contributed by atoms with E-state index in [-0.39, 0.29) is 11.0 Å². The molecule has 0 N–H and O–H groups in total. The van der Waals surface area contributed by atoms with E-state index in [1.165, 1.54) is 12.5 Å². The number of hydrogen-bond donors (Lipinski definition) is 0. The van der Waals surface area contributed by atoms with Crippen molar-refractivity contribution in [2.45, 2.75) is 25.3 Å². The molecule has 1 unspecified atom stereocenters. The third-order valence-corrected chi connectivity index (χ3v) is 4.03. The van der Waals surface area contributed by atoms with Crippen LogP contribution in [-0.2, 0) is 0 Å². The van der Waals surface area contributed by atoms with Crippen molar-refractivity contribution < 1.29 is 4.92 Å². The number of nitrogens with zero attached hydrogens (tertiary/aromatic N) is 3. The van der Waals surface area contributed by atoms with Gasteiger partial charge in [-0.2, -0.15) is 5.26 Å². The first-order valence-corrected chi connectivity index (χ1v) is 6.42. The van der Waals surface area contributed by atoms with Crippen LogP contribution in [0.4, 0.5) is 5.00 Å². The Balaban J connectivity index is 2.16. The number of likely N-dealkylation sites (tertiary alicyclic amines) is 1. The molecular weight excluding hydrogens is 238 g/mol. The van der Waals surface area contributed by atoms with E-state index in [0.29, 0.717) is 0 Å². The second kappa shape index (κ2) is 5.25. The molecule has 1 aromatic heterocycles. The van der Waals surface area contributed by atoms with Crippen LogP contribution in [0.3, 0.4) is 0 Å². The molecule has 1 aliphatic heterocycles. The summed E-state index contributed by atoms with van der Waals surface area (Å²) in [6, 6.07) is 5.11. The Kier molecular flexibility index (Phi) is 3.71. The number of nitriles is 1. The van der Waals surface area contributed by atoms with E-state index in [0.717, 1.165) is 42.1 Å². The zero-order valence-electron chi connectivity index (χ0n) is 9.33. The fourth-order valence-corrected chi connectivity index (χ4v) is 2.99. The molecule has 2 heterocycles. The highest BCUT2D eigenvalue weighted by Gasteiger charge is 2.25. The zero-order valence-corrected chi connectivity index (χ0v) is 10.2. The number of piperidine rings is 1. The van der Waals surface area contributed by atoms with Gasteiger partial charge in [-0.05, 0) is 32.0 Å². The van der Waals surface area contributed by atoms with Crippen LogP contribution in [0.2, 0.25) is 0 Å². The molecule has 90 valence electrons. The molecule has 0 aliphatic carbocycles. The molecule has 1 saturated heterocycles. The van der Waals surface area contributed by atoms with Gasteiger partial charge in [0, 0.05) is 10.9 Å². The van der Waals surface area contributed by atoms with Gasteiger partial charge < -0.3 is 0 Å². The molecule has 0 spiro atoms. The fraction of sp³-hybridized carbons (Fsp3) is 0.545. The van der Waals surface area contributed by atoms with Crippen LogP contribution in [0.1, 0.15) is 30.2 Å². The summed E-state index contributed by atoms with van der Waals surface area (Å²) in [5, 5.41) is 20.0. The summed E-state index contributed by atoms with van der Waals surface area (Å²) in [5.74, 6) is 0. The Morgan fingerprint density at radius 2 is 2.12 bits per heavy atom. The lowest BCUT2D eigenvalue weighted by Crippen LogP contribution is -2.32. The van der Waals surface area contributed by atoms with E-state index in [1.807, 2.05) is 0 Å². The molecule has 17 heavy (non-hydrogen) atoms. The zero-order chi connectivity index (χ0) is 12.3. The maximum atomic E-state index is 10.6. The molecular formula is C11H13N3O2S. The number of thiophene rings is 1. The lowest BCUT2D eigenvalue weighted by Gasteiger charge is -2.29. The topological polar surface area (TPSA) is 70.2 Å². The molecule has 0 aromatic carbocycles. The van der Waals surface area contributed by atoms with Crippen molar-refractivity contribution >= 4 is 16.3 Å². The lowest BCUT2D eigenvalue weighted by molar-refractivity contribution is -0.380. The molecule has 1 aromatic rings. The molecule has 6 heteroatoms. The van der Waals surface area contributed by atoms with E-state index < -0.39 is 4.92 Å². The summed E-state index contributed by atoms with van der Waals surface area (Å²) < 4.78 is 0. The normalized spacial score (nSPS) is 18.5. The largest absolute Gasteiger partial charge is 0.324 e. The molecule has 2 rings (SSSR count). The number of hydrogen-bond acceptors (Lipinski definition) is 5. The van der Waals surface area contributed by atoms with Crippen LogP contribution < -0.4 is 0 Å². The van der Waals surface area contributed by atoms with Gasteiger partial charge in [0.1, 0.15) is 6.04 Å². The van der Waals surface area contributed by atoms with Crippen molar-refractivity contribution in [3.8, 4) is 6.07 Å². The third-order valence-electron chi connectivity index (χ3n) is 2.94. The van der Waals surface area contributed by atoms with Crippen LogP contribution in [0.15, 0.2) is 12.1 Å². The SMILES string of the molecule is N#CC(c1ccc([N+](=O)[O-])s1)N1CCCCC1. The Labute approximate surface area is 103 Å². The minimum atomic E-state index is -0.404. The maximum Gasteiger partial charge on any atom is 0.324 e. The minimum Gasteiger partial charge on any atom is -0.284 e. The Hall–Kier alpha value is -1.45. The molecule has 0 radical (unpaired) electrons. The van der Waals surface area contributed by atoms with Crippen LogP contribution in [0, 0.1) is 21.4 Å². The second-order valence-electron chi connectivity index (χ2n) is 4.06. The summed E-state index contributed by atoms with van der Waals surface area (Å²) in [6.45, 7) is 1.81. The van der Waals surface area contributed by atoms with Gasteiger partial charge in [0.05, 0.1) is 11.0 Å². The minimum absolute atomic E-state index is 0.109. The summed E-state index contributed by atoms with van der Waals surface area (Å²) in [4.78, 5) is 13.1. The first-order chi connectivity index (χ1) is 8.22. The number of nitro groups is 1. The summed E-state index contributed by atoms with van der Waals surface area (Å²) in [5.41, 5.74) is 0. The van der Waals surface area contributed by atoms with Crippen molar-refractivity contribution in [1.29, 1.82) is 5.26 Å². The van der Waals surface area contributed by atoms with E-state index in [4.69, 9.17) is 0 Å². The van der Waals surface area contributed by atoms with Gasteiger partial charge in [-0.25, -0.2) is 0 Å². The van der Waals surface area contributed by atoms with Gasteiger partial charge in [0.15, 0.2) is 0 Å². The molecule has 0 amide bonds. The quantitative estimate of drug-likeness (QED) is 0.611. The predicted octanol–water partition coefficient (Wildman–Crippen LogP) is 2.71. The van der Waals surface area contributed by atoms with Crippen LogP contribution in [0.25, 0.3) is 0 Å². The fourth-order valence-electron chi connectivity index (χ4n) is 2.09. The molecule has 5 nitrogen and oxygen atoms in total. The highest BCUT2D eigenvalue weighted by atomic mass is 32.1. The molecule has 1 fully saturated rings. The number of rotatable bonds is 3. The van der Waals surface area contributed by atoms with E-state index >= 15 is 0 Å². The Morgan fingerprint density at radius 3 is 2.65 bits per heavy atom. The molecule has 1 aliphatic rings. The molecule has 0 saturated carbocycles. The molecule has 0 bridgehead atoms. The summed E-state index contributed by atoms with van der Waals surface area (Å²) >= 11 is 1.10. The smallest absolute Gasteiger partial charge is 0.284 e. The van der Waals surface area contributed by atoms with Gasteiger partial charge >= 0.3 is 5.00 Å². The van der Waals surface area contributed by atoms with Gasteiger partial charge in [0.2, 0.25) is 0 Å². The van der Waals surface area contributed by atoms with Gasteiger partial charge in [0.25, 0.3) is 0 Å². The van der Waals surface area contributed by atoms with Crippen molar-refractivity contribution in [2.24, 2.45) is 0 Å². The molecule has 1 atom stereocenters. The van der Waals surface area contributed by atoms with Gasteiger partial charge in [-0.3, -0.25) is 15.0 Å². The van der Waals surface area contributed by atoms with Gasteiger partial charge in [-0.15, -0.1) is 0 Å². The highest BCUT2D eigenvalue weighted by molar-refractivity contribution is 7.15. The highest BCUT2D eigenvalue weighted by Crippen LogP contribution is 2.32. The second-order valence-corrected chi connectivity index (χ2v) is 5.16. The standard InChI is InChI=1S/C11H13N3O2S/c12-8-9(13-6-2-1-3-7-13)10-4-5-11(17-10)14(15)16/h4-5,9H,1-3,6-7H2. The summed E-state index contributed by atoms with van der Waals surface area (Å²) in [7, 11) is 0. The van der Waals surface area contributed by atoms with E-state index in [2.05, 4.69) is 11.0 Å². The van der Waals surface area contributed by atoms with Crippen LogP contribution in [0.5, 0.6) is 0 Å². The van der Waals surface area contributed by atoms with Crippen molar-refractivity contribution in [3.05, 3.63) is 27.1 Å². The van der Waals surface area contributed by atoms with E-state index in [9.17, 15) is 15.4 Å². The predicted molar refractivity (Wildman–Crippen MR) is 64.8 cm³/mol. The lowest BCUT2D eigenvalue weighted by atomic mass is 10.1. The van der Waals surface area contributed by atoms with Crippen molar-refractivity contribution in [3.63, 3.8) is 0 Å². The first-order valence-electron chi connectivity index (χ1n) is 5.60. The van der Waals surface area contributed by atoms with Crippen LogP contribution in [-0.4, -0.2) is 22.9 Å². The maximum absolute atomic E-state index is 10.6. The monoisotopic (exact) mass is 251 g/mol. The summed E-state index contributed by atoms with van der Waals surface area (Å²) in [6.07, 6.45) is 3.41. The van der Waals surface area contributed by atoms with Crippen molar-refractivity contribution in [1.82, 2.24) is 4.90 Å². The third kappa shape index (κ3) is 2.62. The van der Waals surface area contributed by atoms with Crippen LogP contribution >= 0.6 is 11.3 Å². The van der Waals surface area contributed by atoms with E-state index in [1.54, 1.807) is 6.07 Å². The average Bonchev–Trinajstić information content (AvgIpc) is 2.81. The Bertz CT molecular complexity index is 446. The average molecular weight is 251 g/mol. The van der Waals surface area contributed by atoms with Gasteiger partial charge in [-0.1, -0.05) is 17.8 Å².